The van der Waals surface area contributed by atoms with Gasteiger partial charge in [0.2, 0.25) is 0 Å². The number of rotatable bonds is 2. The Balaban J connectivity index is 1.51. The van der Waals surface area contributed by atoms with Gasteiger partial charge in [-0.25, -0.2) is 4.79 Å². The molecule has 2 aliphatic rings. The maximum absolute atomic E-state index is 12.3. The smallest absolute Gasteiger partial charge is 0.317 e. The average molecular weight is 304 g/mol. The molecule has 0 bridgehead atoms. The molecule has 3 rings (SSSR count). The maximum atomic E-state index is 12.3. The van der Waals surface area contributed by atoms with Gasteiger partial charge in [-0.3, -0.25) is 0 Å². The monoisotopic (exact) mass is 304 g/mol. The van der Waals surface area contributed by atoms with E-state index in [0.29, 0.717) is 24.9 Å². The van der Waals surface area contributed by atoms with E-state index >= 15 is 0 Å². The number of benzene rings is 1. The lowest BCUT2D eigenvalue weighted by Gasteiger charge is -2.37. The van der Waals surface area contributed by atoms with E-state index in [1.165, 1.54) is 0 Å². The number of nitrogens with zero attached hydrogens (tertiary/aromatic N) is 2. The topological polar surface area (TPSA) is 67.8 Å². The minimum atomic E-state index is 0.0452. The van der Waals surface area contributed by atoms with E-state index in [2.05, 4.69) is 15.5 Å². The van der Waals surface area contributed by atoms with Crippen molar-refractivity contribution in [3.05, 3.63) is 24.3 Å². The van der Waals surface area contributed by atoms with Gasteiger partial charge >= 0.3 is 6.03 Å². The largest absolute Gasteiger partial charge is 0.506 e. The number of urea groups is 1. The molecule has 0 aliphatic carbocycles. The van der Waals surface area contributed by atoms with Gasteiger partial charge in [-0.2, -0.15) is 0 Å². The molecule has 1 aromatic carbocycles. The number of carbonyl (C=O) groups is 1. The average Bonchev–Trinajstić information content (AvgIpc) is 2.56. The Labute approximate surface area is 131 Å². The first-order chi connectivity index (χ1) is 10.7. The van der Waals surface area contributed by atoms with Crippen molar-refractivity contribution < 1.29 is 9.90 Å². The van der Waals surface area contributed by atoms with E-state index in [4.69, 9.17) is 0 Å². The Morgan fingerprint density at radius 2 is 1.82 bits per heavy atom. The molecule has 120 valence electrons. The number of aromatic hydroxyl groups is 1. The number of anilines is 1. The van der Waals surface area contributed by atoms with Crippen molar-refractivity contribution in [2.75, 3.05) is 44.2 Å². The Morgan fingerprint density at radius 1 is 1.14 bits per heavy atom. The molecule has 0 spiro atoms. The van der Waals surface area contributed by atoms with Crippen molar-refractivity contribution in [1.29, 1.82) is 0 Å². The number of piperazine rings is 1. The summed E-state index contributed by atoms with van der Waals surface area (Å²) >= 11 is 0. The van der Waals surface area contributed by atoms with Crippen LogP contribution in [0.5, 0.6) is 5.75 Å². The summed E-state index contributed by atoms with van der Waals surface area (Å²) < 4.78 is 0. The second-order valence-corrected chi connectivity index (χ2v) is 5.94. The summed E-state index contributed by atoms with van der Waals surface area (Å²) in [7, 11) is 0. The Kier molecular flexibility index (Phi) is 4.68. The van der Waals surface area contributed by atoms with E-state index in [0.717, 1.165) is 44.7 Å². The fourth-order valence-corrected chi connectivity index (χ4v) is 3.11. The first kappa shape index (κ1) is 15.0. The van der Waals surface area contributed by atoms with E-state index in [9.17, 15) is 9.90 Å². The van der Waals surface area contributed by atoms with E-state index < -0.39 is 0 Å². The zero-order valence-electron chi connectivity index (χ0n) is 12.8. The highest BCUT2D eigenvalue weighted by Crippen LogP contribution is 2.27. The summed E-state index contributed by atoms with van der Waals surface area (Å²) in [6.07, 6.45) is 2.01. The van der Waals surface area contributed by atoms with E-state index in [1.54, 1.807) is 6.07 Å². The van der Waals surface area contributed by atoms with Crippen LogP contribution in [0.4, 0.5) is 10.5 Å². The fourth-order valence-electron chi connectivity index (χ4n) is 3.11. The summed E-state index contributed by atoms with van der Waals surface area (Å²) in [5.74, 6) is 0.301. The van der Waals surface area contributed by atoms with Crippen molar-refractivity contribution in [2.45, 2.75) is 18.9 Å². The molecule has 0 atom stereocenters. The number of phenolic OH excluding ortho intramolecular Hbond substituents is 1. The van der Waals surface area contributed by atoms with Crippen molar-refractivity contribution in [1.82, 2.24) is 15.5 Å². The van der Waals surface area contributed by atoms with Gasteiger partial charge in [-0.15, -0.1) is 0 Å². The zero-order valence-corrected chi connectivity index (χ0v) is 12.8. The summed E-state index contributed by atoms with van der Waals surface area (Å²) in [6, 6.07) is 7.70. The van der Waals surface area contributed by atoms with E-state index in [-0.39, 0.29) is 6.03 Å². The quantitative estimate of drug-likeness (QED) is 0.762. The molecule has 2 aliphatic heterocycles. The molecule has 0 radical (unpaired) electrons. The van der Waals surface area contributed by atoms with Crippen molar-refractivity contribution in [3.63, 3.8) is 0 Å². The predicted octanol–water partition coefficient (Wildman–Crippen LogP) is 0.976. The molecule has 1 aromatic rings. The summed E-state index contributed by atoms with van der Waals surface area (Å²) in [5, 5.41) is 16.3. The number of nitrogens with one attached hydrogen (secondary N) is 2. The maximum Gasteiger partial charge on any atom is 0.317 e. The Morgan fingerprint density at radius 3 is 2.50 bits per heavy atom. The lowest BCUT2D eigenvalue weighted by atomic mass is 10.1. The van der Waals surface area contributed by atoms with Crippen LogP contribution in [0.1, 0.15) is 12.8 Å². The van der Waals surface area contributed by atoms with Crippen LogP contribution in [0.2, 0.25) is 0 Å². The van der Waals surface area contributed by atoms with Gasteiger partial charge in [0.05, 0.1) is 5.69 Å². The lowest BCUT2D eigenvalue weighted by Crippen LogP contribution is -2.54. The van der Waals surface area contributed by atoms with Crippen LogP contribution >= 0.6 is 0 Å². The molecule has 6 heteroatoms. The minimum absolute atomic E-state index is 0.0452. The molecule has 0 saturated carbocycles. The molecule has 6 nitrogen and oxygen atoms in total. The Hall–Kier alpha value is -1.95. The second-order valence-electron chi connectivity index (χ2n) is 5.94. The molecular weight excluding hydrogens is 280 g/mol. The molecule has 3 N–H and O–H groups in total. The third-order valence-electron chi connectivity index (χ3n) is 4.46. The molecule has 2 heterocycles. The number of amides is 2. The molecule has 2 saturated heterocycles. The van der Waals surface area contributed by atoms with Crippen LogP contribution in [-0.2, 0) is 0 Å². The summed E-state index contributed by atoms with van der Waals surface area (Å²) in [4.78, 5) is 16.3. The number of hydrogen-bond acceptors (Lipinski definition) is 4. The summed E-state index contributed by atoms with van der Waals surface area (Å²) in [6.45, 7) is 4.82. The number of para-hydroxylation sites is 2. The van der Waals surface area contributed by atoms with Crippen molar-refractivity contribution in [2.24, 2.45) is 0 Å². The molecule has 0 aromatic heterocycles. The third kappa shape index (κ3) is 3.44. The number of piperidine rings is 1. The number of hydrogen-bond donors (Lipinski definition) is 3. The predicted molar refractivity (Wildman–Crippen MR) is 86.3 cm³/mol. The van der Waals surface area contributed by atoms with Crippen molar-refractivity contribution >= 4 is 11.7 Å². The highest BCUT2D eigenvalue weighted by molar-refractivity contribution is 5.75. The van der Waals surface area contributed by atoms with Gasteiger partial charge in [-0.1, -0.05) is 12.1 Å². The lowest BCUT2D eigenvalue weighted by molar-refractivity contribution is 0.187. The van der Waals surface area contributed by atoms with Crippen molar-refractivity contribution in [3.8, 4) is 5.75 Å². The van der Waals surface area contributed by atoms with Gasteiger partial charge in [0.15, 0.2) is 0 Å². The molecule has 2 amide bonds. The first-order valence-electron chi connectivity index (χ1n) is 8.03. The van der Waals surface area contributed by atoms with Gasteiger partial charge in [-0.05, 0) is 38.1 Å². The molecule has 2 fully saturated rings. The SMILES string of the molecule is O=C(NC1CCNCC1)N1CCN(c2ccccc2O)CC1. The third-order valence-corrected chi connectivity index (χ3v) is 4.46. The second kappa shape index (κ2) is 6.87. The van der Waals surface area contributed by atoms with Gasteiger partial charge in [0.25, 0.3) is 0 Å². The molecule has 22 heavy (non-hydrogen) atoms. The van der Waals surface area contributed by atoms with Gasteiger partial charge in [0, 0.05) is 32.2 Å². The Bertz CT molecular complexity index is 509. The van der Waals surface area contributed by atoms with E-state index in [1.807, 2.05) is 23.1 Å². The first-order valence-corrected chi connectivity index (χ1v) is 8.03. The van der Waals surface area contributed by atoms with Crippen LogP contribution in [0, 0.1) is 0 Å². The number of phenols is 1. The molecular formula is C16H24N4O2. The van der Waals surface area contributed by atoms with Crippen LogP contribution in [-0.4, -0.2) is 61.3 Å². The normalized spacial score (nSPS) is 20.0. The fraction of sp³-hybridized carbons (Fsp3) is 0.562. The van der Waals surface area contributed by atoms with Gasteiger partial charge in [0.1, 0.15) is 5.75 Å². The highest BCUT2D eigenvalue weighted by Gasteiger charge is 2.24. The molecule has 0 unspecified atom stereocenters. The van der Waals surface area contributed by atoms with Crippen LogP contribution in [0.3, 0.4) is 0 Å². The standard InChI is InChI=1S/C16H24N4O2/c21-15-4-2-1-3-14(15)19-9-11-20(12-10-19)16(22)18-13-5-7-17-8-6-13/h1-4,13,17,21H,5-12H2,(H,18,22). The minimum Gasteiger partial charge on any atom is -0.506 e. The van der Waals surface area contributed by atoms with Gasteiger partial charge < -0.3 is 25.5 Å². The van der Waals surface area contributed by atoms with Crippen LogP contribution in [0.15, 0.2) is 24.3 Å². The number of carbonyl (C=O) groups excluding carboxylic acids is 1. The van der Waals surface area contributed by atoms with Crippen LogP contribution in [0.25, 0.3) is 0 Å². The zero-order chi connectivity index (χ0) is 15.4. The van der Waals surface area contributed by atoms with Crippen LogP contribution < -0.4 is 15.5 Å². The highest BCUT2D eigenvalue weighted by atomic mass is 16.3. The summed E-state index contributed by atoms with van der Waals surface area (Å²) in [5.41, 5.74) is 0.848.